The van der Waals surface area contributed by atoms with E-state index in [0.717, 1.165) is 0 Å². The lowest BCUT2D eigenvalue weighted by Crippen LogP contribution is -2.57. The fourth-order valence-corrected chi connectivity index (χ4v) is 3.20. The Balaban J connectivity index is 2.98. The first kappa shape index (κ1) is 30.3. The van der Waals surface area contributed by atoms with Gasteiger partial charge in [0.1, 0.15) is 24.2 Å². The zero-order valence-electron chi connectivity index (χ0n) is 20.4. The van der Waals surface area contributed by atoms with Gasteiger partial charge in [-0.05, 0) is 25.2 Å². The van der Waals surface area contributed by atoms with Crippen LogP contribution in [0.5, 0.6) is 0 Å². The summed E-state index contributed by atoms with van der Waals surface area (Å²) in [5.74, 6) is -3.54. The minimum absolute atomic E-state index is 0.0327. The van der Waals surface area contributed by atoms with E-state index in [0.29, 0.717) is 12.1 Å². The van der Waals surface area contributed by atoms with Crippen LogP contribution < -0.4 is 33.2 Å². The van der Waals surface area contributed by atoms with Crippen LogP contribution in [-0.4, -0.2) is 87.2 Å². The average Bonchev–Trinajstić information content (AvgIpc) is 3.31. The van der Waals surface area contributed by atoms with Crippen molar-refractivity contribution in [3.63, 3.8) is 0 Å². The maximum Gasteiger partial charge on any atom is 0.326 e. The van der Waals surface area contributed by atoms with Crippen LogP contribution in [0.25, 0.3) is 0 Å². The summed E-state index contributed by atoms with van der Waals surface area (Å²) in [4.78, 5) is 60.4. The summed E-state index contributed by atoms with van der Waals surface area (Å²) < 4.78 is 0. The van der Waals surface area contributed by atoms with Gasteiger partial charge in [-0.25, -0.2) is 9.78 Å². The van der Waals surface area contributed by atoms with E-state index in [1.165, 1.54) is 12.5 Å². The number of aliphatic carboxylic acids is 1. The Morgan fingerprint density at radius 2 is 1.67 bits per heavy atom. The number of aromatic nitrogens is 2. The quantitative estimate of drug-likeness (QED) is 0.0613. The van der Waals surface area contributed by atoms with Crippen molar-refractivity contribution in [1.82, 2.24) is 25.9 Å². The van der Waals surface area contributed by atoms with Gasteiger partial charge in [0.2, 0.25) is 17.7 Å². The first-order valence-corrected chi connectivity index (χ1v) is 11.5. The molecule has 15 nitrogen and oxygen atoms in total. The third kappa shape index (κ3) is 11.1. The SMILES string of the molecule is CC(C)CC(NC(=O)C(CCCN=C(N)N)NC(=O)C(N)CO)C(=O)NC(Cc1cnc[nH]1)C(=O)O. The summed E-state index contributed by atoms with van der Waals surface area (Å²) in [6, 6.07) is -4.69. The summed E-state index contributed by atoms with van der Waals surface area (Å²) in [5, 5.41) is 26.2. The lowest BCUT2D eigenvalue weighted by Gasteiger charge is -2.26. The van der Waals surface area contributed by atoms with E-state index < -0.39 is 54.5 Å². The highest BCUT2D eigenvalue weighted by atomic mass is 16.4. The number of aliphatic hydroxyl groups excluding tert-OH is 1. The summed E-state index contributed by atoms with van der Waals surface area (Å²) in [6.07, 6.45) is 3.44. The van der Waals surface area contributed by atoms with E-state index in [9.17, 15) is 24.3 Å². The van der Waals surface area contributed by atoms with Crippen molar-refractivity contribution >= 4 is 29.7 Å². The smallest absolute Gasteiger partial charge is 0.326 e. The van der Waals surface area contributed by atoms with E-state index >= 15 is 0 Å². The third-order valence-corrected chi connectivity index (χ3v) is 5.05. The molecule has 0 radical (unpaired) electrons. The molecule has 1 rings (SSSR count). The molecule has 0 saturated carbocycles. The van der Waals surface area contributed by atoms with Gasteiger partial charge >= 0.3 is 5.97 Å². The van der Waals surface area contributed by atoms with Gasteiger partial charge in [-0.15, -0.1) is 0 Å². The van der Waals surface area contributed by atoms with E-state index in [1.807, 2.05) is 13.8 Å². The Morgan fingerprint density at radius 1 is 1.06 bits per heavy atom. The van der Waals surface area contributed by atoms with Crippen LogP contribution in [0.2, 0.25) is 0 Å². The number of carboxylic acid groups (broad SMARTS) is 1. The first-order valence-electron chi connectivity index (χ1n) is 11.5. The molecule has 0 fully saturated rings. The number of rotatable bonds is 16. The second kappa shape index (κ2) is 15.3. The highest BCUT2D eigenvalue weighted by molar-refractivity contribution is 5.94. The van der Waals surface area contributed by atoms with Gasteiger partial charge in [-0.2, -0.15) is 0 Å². The van der Waals surface area contributed by atoms with Crippen molar-refractivity contribution in [2.45, 2.75) is 63.7 Å². The number of aliphatic hydroxyl groups is 1. The highest BCUT2D eigenvalue weighted by Gasteiger charge is 2.30. The fraction of sp³-hybridized carbons (Fsp3) is 0.619. The zero-order valence-corrected chi connectivity index (χ0v) is 20.4. The number of H-pyrrole nitrogens is 1. The molecule has 0 aliphatic heterocycles. The lowest BCUT2D eigenvalue weighted by molar-refractivity contribution is -0.142. The minimum Gasteiger partial charge on any atom is -0.480 e. The van der Waals surface area contributed by atoms with Crippen molar-refractivity contribution < 1.29 is 29.4 Å². The van der Waals surface area contributed by atoms with Gasteiger partial charge in [0.25, 0.3) is 0 Å². The monoisotopic (exact) mass is 511 g/mol. The molecule has 4 unspecified atom stereocenters. The van der Waals surface area contributed by atoms with E-state index in [-0.39, 0.29) is 37.7 Å². The Hall–Kier alpha value is -3.72. The molecule has 0 saturated heterocycles. The fourth-order valence-electron chi connectivity index (χ4n) is 3.20. The number of nitrogens with zero attached hydrogens (tertiary/aromatic N) is 2. The topological polar surface area (TPSA) is 264 Å². The number of aliphatic imine (C=N–C) groups is 1. The van der Waals surface area contributed by atoms with Crippen LogP contribution in [0, 0.1) is 5.92 Å². The Kier molecular flexibility index (Phi) is 12.9. The second-order valence-corrected chi connectivity index (χ2v) is 8.67. The minimum atomic E-state index is -1.26. The molecule has 202 valence electrons. The zero-order chi connectivity index (χ0) is 27.3. The summed E-state index contributed by atoms with van der Waals surface area (Å²) >= 11 is 0. The number of carbonyl (C=O) groups is 4. The summed E-state index contributed by atoms with van der Waals surface area (Å²) in [5.41, 5.74) is 16.6. The van der Waals surface area contributed by atoms with Crippen molar-refractivity contribution in [2.24, 2.45) is 28.1 Å². The van der Waals surface area contributed by atoms with Gasteiger partial charge in [-0.1, -0.05) is 13.8 Å². The number of amides is 3. The second-order valence-electron chi connectivity index (χ2n) is 8.67. The van der Waals surface area contributed by atoms with Crippen molar-refractivity contribution in [3.8, 4) is 0 Å². The molecule has 36 heavy (non-hydrogen) atoms. The van der Waals surface area contributed by atoms with Crippen molar-refractivity contribution in [2.75, 3.05) is 13.2 Å². The normalized spacial score (nSPS) is 14.2. The van der Waals surface area contributed by atoms with Crippen LogP contribution in [-0.2, 0) is 25.6 Å². The number of nitrogens with one attached hydrogen (secondary N) is 4. The number of hydrogen-bond donors (Lipinski definition) is 9. The predicted octanol–water partition coefficient (Wildman–Crippen LogP) is -3.09. The van der Waals surface area contributed by atoms with Crippen molar-refractivity contribution in [3.05, 3.63) is 18.2 Å². The molecule has 0 aliphatic rings. The van der Waals surface area contributed by atoms with Gasteiger partial charge in [-0.3, -0.25) is 19.4 Å². The van der Waals surface area contributed by atoms with Crippen molar-refractivity contribution in [1.29, 1.82) is 0 Å². The number of carboxylic acids is 1. The molecule has 1 heterocycles. The molecule has 3 amide bonds. The number of aromatic amines is 1. The molecule has 15 heteroatoms. The lowest BCUT2D eigenvalue weighted by atomic mass is 10.0. The highest BCUT2D eigenvalue weighted by Crippen LogP contribution is 2.09. The predicted molar refractivity (Wildman–Crippen MR) is 130 cm³/mol. The molecule has 1 aromatic heterocycles. The Bertz CT molecular complexity index is 886. The van der Waals surface area contributed by atoms with Crippen LogP contribution in [0.3, 0.4) is 0 Å². The molecule has 4 atom stereocenters. The van der Waals surface area contributed by atoms with E-state index in [2.05, 4.69) is 30.9 Å². The number of guanidine groups is 1. The third-order valence-electron chi connectivity index (χ3n) is 5.05. The average molecular weight is 512 g/mol. The van der Waals surface area contributed by atoms with E-state index in [1.54, 1.807) is 0 Å². The molecular weight excluding hydrogens is 474 g/mol. The standard InChI is InChI=1S/C21H37N9O6/c1-11(2)6-15(19(34)30-16(20(35)36)7-12-8-25-10-27-12)29-18(33)14(4-3-5-26-21(23)24)28-17(32)13(22)9-31/h8,10-11,13-16,31H,3-7,9,22H2,1-2H3,(H,25,27)(H,28,32)(H,29,33)(H,30,34)(H,35,36)(H4,23,24,26). The van der Waals surface area contributed by atoms with Crippen LogP contribution in [0.4, 0.5) is 0 Å². The molecule has 12 N–H and O–H groups in total. The van der Waals surface area contributed by atoms with Crippen LogP contribution >= 0.6 is 0 Å². The molecule has 0 bridgehead atoms. The maximum atomic E-state index is 13.1. The first-order chi connectivity index (χ1) is 16.9. The number of nitrogens with two attached hydrogens (primary N) is 3. The molecule has 0 spiro atoms. The number of hydrogen-bond acceptors (Lipinski definition) is 8. The van der Waals surface area contributed by atoms with Gasteiger partial charge in [0, 0.05) is 24.9 Å². The number of carbonyl (C=O) groups excluding carboxylic acids is 3. The molecule has 0 aromatic carbocycles. The maximum absolute atomic E-state index is 13.1. The molecule has 0 aliphatic carbocycles. The Labute approximate surface area is 208 Å². The number of imidazole rings is 1. The summed E-state index contributed by atoms with van der Waals surface area (Å²) in [6.45, 7) is 3.23. The van der Waals surface area contributed by atoms with Crippen LogP contribution in [0.15, 0.2) is 17.5 Å². The largest absolute Gasteiger partial charge is 0.480 e. The van der Waals surface area contributed by atoms with Gasteiger partial charge in [0.05, 0.1) is 12.9 Å². The van der Waals surface area contributed by atoms with E-state index in [4.69, 9.17) is 22.3 Å². The Morgan fingerprint density at radius 3 is 2.19 bits per heavy atom. The molecule has 1 aromatic rings. The van der Waals surface area contributed by atoms with Gasteiger partial charge in [0.15, 0.2) is 5.96 Å². The molecular formula is C21H37N9O6. The summed E-state index contributed by atoms with van der Waals surface area (Å²) in [7, 11) is 0. The van der Waals surface area contributed by atoms with Gasteiger partial charge < -0.3 is 48.3 Å². The van der Waals surface area contributed by atoms with Crippen LogP contribution in [0.1, 0.15) is 38.8 Å².